The van der Waals surface area contributed by atoms with Gasteiger partial charge >= 0.3 is 11.9 Å². The van der Waals surface area contributed by atoms with Gasteiger partial charge in [0.1, 0.15) is 5.92 Å². The molecule has 0 aliphatic carbocycles. The first kappa shape index (κ1) is 21.8. The zero-order chi connectivity index (χ0) is 20.7. The number of nitriles is 1. The summed E-state index contributed by atoms with van der Waals surface area (Å²) >= 11 is 6.91. The summed E-state index contributed by atoms with van der Waals surface area (Å²) < 4.78 is 9.78. The van der Waals surface area contributed by atoms with E-state index in [9.17, 15) is 19.6 Å². The van der Waals surface area contributed by atoms with Crippen molar-refractivity contribution in [2.45, 2.75) is 19.3 Å². The van der Waals surface area contributed by atoms with Gasteiger partial charge in [-0.1, -0.05) is 42.4 Å². The van der Waals surface area contributed by atoms with Gasteiger partial charge < -0.3 is 14.8 Å². The highest BCUT2D eigenvalue weighted by atomic mass is 35.5. The van der Waals surface area contributed by atoms with Crippen LogP contribution in [0.1, 0.15) is 24.8 Å². The molecule has 0 radical (unpaired) electrons. The van der Waals surface area contributed by atoms with Gasteiger partial charge in [0.25, 0.3) is 0 Å². The van der Waals surface area contributed by atoms with E-state index in [2.05, 4.69) is 11.4 Å². The first-order valence-electron chi connectivity index (χ1n) is 8.49. The Morgan fingerprint density at radius 1 is 1.32 bits per heavy atom. The predicted octanol–water partition coefficient (Wildman–Crippen LogP) is 2.76. The summed E-state index contributed by atoms with van der Waals surface area (Å²) in [5.41, 5.74) is 0.739. The molecular weight excluding hydrogens is 404 g/mol. The number of benzene rings is 1. The topological polar surface area (TPSA) is 105 Å². The van der Waals surface area contributed by atoms with E-state index in [1.54, 1.807) is 24.3 Å². The number of hydrogen-bond donors (Lipinski definition) is 1. The fraction of sp³-hybridized carbons (Fsp3) is 0.368. The molecule has 2 rings (SSSR count). The highest BCUT2D eigenvalue weighted by Gasteiger charge is 2.44. The summed E-state index contributed by atoms with van der Waals surface area (Å²) in [5.74, 6) is -3.96. The quantitative estimate of drug-likeness (QED) is 0.532. The fourth-order valence-electron chi connectivity index (χ4n) is 2.74. The standard InChI is InChI=1S/C19H19ClN2O5S/c1-3-8-27-14(23)10-28-18-13(9-21)15(11-4-6-12(20)7-5-11)16(17(24)22-18)19(25)26-2/h4-7,15-16H,3,8,10H2,1-2H3,(H,22,24)/t15-,16+/m1/s1. The number of halogens is 1. The molecule has 0 bridgehead atoms. The lowest BCUT2D eigenvalue weighted by Gasteiger charge is -2.30. The van der Waals surface area contributed by atoms with Crippen molar-refractivity contribution in [2.24, 2.45) is 5.92 Å². The van der Waals surface area contributed by atoms with Crippen LogP contribution in [0.3, 0.4) is 0 Å². The predicted molar refractivity (Wildman–Crippen MR) is 104 cm³/mol. The van der Waals surface area contributed by atoms with Crippen LogP contribution in [0.5, 0.6) is 0 Å². The Kier molecular flexibility index (Phi) is 7.91. The molecule has 2 atom stereocenters. The van der Waals surface area contributed by atoms with Crippen LogP contribution in [-0.4, -0.2) is 37.3 Å². The van der Waals surface area contributed by atoms with Gasteiger partial charge in [-0.3, -0.25) is 14.4 Å². The smallest absolute Gasteiger partial charge is 0.319 e. The molecule has 7 nitrogen and oxygen atoms in total. The van der Waals surface area contributed by atoms with Crippen molar-refractivity contribution in [1.82, 2.24) is 5.32 Å². The lowest BCUT2D eigenvalue weighted by Crippen LogP contribution is -2.44. The highest BCUT2D eigenvalue weighted by molar-refractivity contribution is 8.03. The maximum atomic E-state index is 12.6. The highest BCUT2D eigenvalue weighted by Crippen LogP contribution is 2.40. The number of carbonyl (C=O) groups is 3. The second-order valence-corrected chi connectivity index (χ2v) is 7.31. The van der Waals surface area contributed by atoms with Gasteiger partial charge in [0.15, 0.2) is 0 Å². The van der Waals surface area contributed by atoms with Gasteiger partial charge in [-0.15, -0.1) is 0 Å². The SMILES string of the molecule is CCCOC(=O)CSC1=C(C#N)[C@@H](c2ccc(Cl)cc2)[C@H](C(=O)OC)C(=O)N1. The van der Waals surface area contributed by atoms with Crippen LogP contribution in [0.15, 0.2) is 34.9 Å². The lowest BCUT2D eigenvalue weighted by molar-refractivity contribution is -0.150. The minimum Gasteiger partial charge on any atom is -0.468 e. The van der Waals surface area contributed by atoms with E-state index in [0.29, 0.717) is 23.6 Å². The Morgan fingerprint density at radius 2 is 2.00 bits per heavy atom. The van der Waals surface area contributed by atoms with Crippen LogP contribution in [0.25, 0.3) is 0 Å². The minimum atomic E-state index is -1.22. The number of nitrogens with zero attached hydrogens (tertiary/aromatic N) is 1. The number of thioether (sulfide) groups is 1. The lowest BCUT2D eigenvalue weighted by atomic mass is 9.78. The molecule has 1 aliphatic heterocycles. The number of esters is 2. The molecule has 1 amide bonds. The van der Waals surface area contributed by atoms with Gasteiger partial charge in [-0.05, 0) is 24.1 Å². The van der Waals surface area contributed by atoms with Crippen LogP contribution in [0.2, 0.25) is 5.02 Å². The summed E-state index contributed by atoms with van der Waals surface area (Å²) in [5, 5.41) is 13.0. The number of methoxy groups -OCH3 is 1. The van der Waals surface area contributed by atoms with E-state index >= 15 is 0 Å². The molecule has 1 heterocycles. The normalized spacial score (nSPS) is 18.9. The van der Waals surface area contributed by atoms with Crippen LogP contribution in [0, 0.1) is 17.2 Å². The van der Waals surface area contributed by atoms with E-state index < -0.39 is 29.7 Å². The molecule has 0 saturated carbocycles. The van der Waals surface area contributed by atoms with Crippen molar-refractivity contribution in [3.05, 3.63) is 45.5 Å². The van der Waals surface area contributed by atoms with E-state index in [4.69, 9.17) is 21.1 Å². The molecule has 1 aliphatic rings. The summed E-state index contributed by atoms with van der Waals surface area (Å²) in [4.78, 5) is 36.7. The fourth-order valence-corrected chi connectivity index (χ4v) is 3.71. The summed E-state index contributed by atoms with van der Waals surface area (Å²) in [6.07, 6.45) is 0.693. The first-order chi connectivity index (χ1) is 13.4. The average molecular weight is 423 g/mol. The Labute approximate surface area is 172 Å². The maximum absolute atomic E-state index is 12.6. The summed E-state index contributed by atoms with van der Waals surface area (Å²) in [6.45, 7) is 2.18. The Morgan fingerprint density at radius 3 is 2.57 bits per heavy atom. The van der Waals surface area contributed by atoms with Crippen molar-refractivity contribution in [2.75, 3.05) is 19.5 Å². The van der Waals surface area contributed by atoms with Gasteiger partial charge in [-0.25, -0.2) is 0 Å². The molecule has 0 fully saturated rings. The summed E-state index contributed by atoms with van der Waals surface area (Å²) in [7, 11) is 1.18. The van der Waals surface area contributed by atoms with Crippen LogP contribution in [0.4, 0.5) is 0 Å². The van der Waals surface area contributed by atoms with Crippen molar-refractivity contribution in [1.29, 1.82) is 5.26 Å². The number of allylic oxidation sites excluding steroid dienone is 1. The third-order valence-corrected chi connectivity index (χ3v) is 5.26. The second kappa shape index (κ2) is 10.2. The van der Waals surface area contributed by atoms with Crippen molar-refractivity contribution < 1.29 is 23.9 Å². The van der Waals surface area contributed by atoms with Crippen LogP contribution in [-0.2, 0) is 23.9 Å². The van der Waals surface area contributed by atoms with Crippen LogP contribution < -0.4 is 5.32 Å². The molecule has 0 spiro atoms. The van der Waals surface area contributed by atoms with Crippen molar-refractivity contribution in [3.8, 4) is 6.07 Å². The molecule has 0 unspecified atom stereocenters. The number of rotatable bonds is 7. The third-order valence-electron chi connectivity index (χ3n) is 4.01. The average Bonchev–Trinajstić information content (AvgIpc) is 2.70. The van der Waals surface area contributed by atoms with E-state index in [1.807, 2.05) is 6.92 Å². The van der Waals surface area contributed by atoms with E-state index in [-0.39, 0.29) is 16.4 Å². The molecule has 9 heteroatoms. The minimum absolute atomic E-state index is 0.0724. The molecule has 28 heavy (non-hydrogen) atoms. The van der Waals surface area contributed by atoms with E-state index in [0.717, 1.165) is 11.8 Å². The van der Waals surface area contributed by atoms with Gasteiger partial charge in [0.2, 0.25) is 5.91 Å². The maximum Gasteiger partial charge on any atom is 0.319 e. The molecule has 148 valence electrons. The molecule has 0 aromatic heterocycles. The number of carbonyl (C=O) groups excluding carboxylic acids is 3. The van der Waals surface area contributed by atoms with Crippen LogP contribution >= 0.6 is 23.4 Å². The Bertz CT molecular complexity index is 832. The largest absolute Gasteiger partial charge is 0.468 e. The number of ether oxygens (including phenoxy) is 2. The van der Waals surface area contributed by atoms with E-state index in [1.165, 1.54) is 7.11 Å². The zero-order valence-electron chi connectivity index (χ0n) is 15.4. The molecule has 1 aromatic rings. The van der Waals surface area contributed by atoms with Gasteiger partial charge in [0, 0.05) is 10.9 Å². The Hall–Kier alpha value is -2.50. The van der Waals surface area contributed by atoms with Gasteiger partial charge in [-0.2, -0.15) is 5.26 Å². The number of nitrogens with one attached hydrogen (secondary N) is 1. The third kappa shape index (κ3) is 5.06. The van der Waals surface area contributed by atoms with Crippen molar-refractivity contribution in [3.63, 3.8) is 0 Å². The molecule has 1 aromatic carbocycles. The summed E-state index contributed by atoms with van der Waals surface area (Å²) in [6, 6.07) is 8.59. The number of hydrogen-bond acceptors (Lipinski definition) is 7. The zero-order valence-corrected chi connectivity index (χ0v) is 16.9. The van der Waals surface area contributed by atoms with Crippen molar-refractivity contribution >= 4 is 41.2 Å². The number of amides is 1. The molecule has 1 N–H and O–H groups in total. The second-order valence-electron chi connectivity index (χ2n) is 5.88. The molecule has 0 saturated heterocycles. The van der Waals surface area contributed by atoms with Gasteiger partial charge in [0.05, 0.1) is 36.1 Å². The first-order valence-corrected chi connectivity index (χ1v) is 9.86. The molecular formula is C19H19ClN2O5S. The Balaban J connectivity index is 2.41. The monoisotopic (exact) mass is 422 g/mol.